The van der Waals surface area contributed by atoms with Crippen molar-refractivity contribution in [2.75, 3.05) is 18.0 Å². The molecule has 0 atom stereocenters. The van der Waals surface area contributed by atoms with Crippen LogP contribution in [-0.2, 0) is 16.6 Å². The van der Waals surface area contributed by atoms with Gasteiger partial charge in [-0.25, -0.2) is 13.1 Å². The quantitative estimate of drug-likeness (QED) is 0.575. The minimum absolute atomic E-state index is 0.00198. The minimum Gasteiger partial charge on any atom is -0.372 e. The van der Waals surface area contributed by atoms with Crippen LogP contribution in [0, 0.1) is 10.1 Å². The van der Waals surface area contributed by atoms with Crippen LogP contribution in [0.2, 0.25) is 0 Å². The molecule has 0 radical (unpaired) electrons. The largest absolute Gasteiger partial charge is 0.372 e. The fourth-order valence-electron chi connectivity index (χ4n) is 2.42. The fourth-order valence-corrected chi connectivity index (χ4v) is 3.44. The van der Waals surface area contributed by atoms with E-state index in [-0.39, 0.29) is 17.1 Å². The van der Waals surface area contributed by atoms with Gasteiger partial charge in [0.2, 0.25) is 10.0 Å². The molecule has 7 nitrogen and oxygen atoms in total. The smallest absolute Gasteiger partial charge is 0.269 e. The molecule has 0 aliphatic carbocycles. The van der Waals surface area contributed by atoms with Gasteiger partial charge in [-0.2, -0.15) is 0 Å². The minimum atomic E-state index is -3.72. The zero-order valence-electron chi connectivity index (χ0n) is 14.2. The second-order valence-electron chi connectivity index (χ2n) is 5.41. The Bertz CT molecular complexity index is 814. The molecule has 0 aliphatic heterocycles. The molecule has 0 fully saturated rings. The number of nitrogens with zero attached hydrogens (tertiary/aromatic N) is 2. The molecule has 0 amide bonds. The van der Waals surface area contributed by atoms with E-state index >= 15 is 0 Å². The maximum absolute atomic E-state index is 12.3. The van der Waals surface area contributed by atoms with Crippen molar-refractivity contribution in [3.63, 3.8) is 0 Å². The average molecular weight is 363 g/mol. The van der Waals surface area contributed by atoms with Crippen LogP contribution in [0.25, 0.3) is 0 Å². The Morgan fingerprint density at radius 1 is 1.00 bits per heavy atom. The summed E-state index contributed by atoms with van der Waals surface area (Å²) in [6.07, 6.45) is 0. The van der Waals surface area contributed by atoms with Crippen molar-refractivity contribution in [2.24, 2.45) is 0 Å². The molecular weight excluding hydrogens is 342 g/mol. The molecule has 2 aromatic carbocycles. The van der Waals surface area contributed by atoms with Crippen LogP contribution in [0.1, 0.15) is 19.4 Å². The highest BCUT2D eigenvalue weighted by molar-refractivity contribution is 7.89. The first-order chi connectivity index (χ1) is 11.9. The van der Waals surface area contributed by atoms with Crippen LogP contribution in [-0.4, -0.2) is 26.4 Å². The van der Waals surface area contributed by atoms with E-state index in [0.717, 1.165) is 24.3 Å². The molecule has 0 heterocycles. The Kier molecular flexibility index (Phi) is 6.11. The summed E-state index contributed by atoms with van der Waals surface area (Å²) in [4.78, 5) is 12.3. The summed E-state index contributed by atoms with van der Waals surface area (Å²) in [5, 5.41) is 10.6. The summed E-state index contributed by atoms with van der Waals surface area (Å²) in [5.74, 6) is 0. The number of sulfonamides is 1. The third-order valence-corrected chi connectivity index (χ3v) is 5.31. The van der Waals surface area contributed by atoms with Crippen molar-refractivity contribution < 1.29 is 13.3 Å². The number of hydrogen-bond donors (Lipinski definition) is 1. The summed E-state index contributed by atoms with van der Waals surface area (Å²) in [6.45, 7) is 6.12. The lowest BCUT2D eigenvalue weighted by Gasteiger charge is -2.21. The van der Waals surface area contributed by atoms with Crippen molar-refractivity contribution in [1.82, 2.24) is 4.72 Å². The van der Waals surface area contributed by atoms with Crippen molar-refractivity contribution >= 4 is 21.4 Å². The topological polar surface area (TPSA) is 92.6 Å². The molecule has 134 valence electrons. The summed E-state index contributed by atoms with van der Waals surface area (Å²) in [5.41, 5.74) is 1.78. The van der Waals surface area contributed by atoms with Crippen LogP contribution in [0.15, 0.2) is 53.4 Å². The number of rotatable bonds is 8. The lowest BCUT2D eigenvalue weighted by molar-refractivity contribution is -0.384. The summed E-state index contributed by atoms with van der Waals surface area (Å²) in [7, 11) is -3.72. The zero-order chi connectivity index (χ0) is 18.4. The van der Waals surface area contributed by atoms with Gasteiger partial charge in [0.05, 0.1) is 9.82 Å². The molecule has 0 saturated heterocycles. The highest BCUT2D eigenvalue weighted by atomic mass is 32.2. The monoisotopic (exact) mass is 363 g/mol. The predicted octanol–water partition coefficient (Wildman–Crippen LogP) is 2.92. The number of hydrogen-bond acceptors (Lipinski definition) is 5. The first kappa shape index (κ1) is 18.9. The van der Waals surface area contributed by atoms with Crippen molar-refractivity contribution in [3.05, 3.63) is 64.2 Å². The van der Waals surface area contributed by atoms with Gasteiger partial charge in [-0.3, -0.25) is 10.1 Å². The van der Waals surface area contributed by atoms with Gasteiger partial charge in [0.1, 0.15) is 0 Å². The SMILES string of the molecule is CCN(CC)c1ccc(CNS(=O)(=O)c2ccc([N+](=O)[O-])cc2)cc1. The Balaban J connectivity index is 2.05. The van der Waals surface area contributed by atoms with Crippen molar-refractivity contribution in [3.8, 4) is 0 Å². The molecule has 1 N–H and O–H groups in total. The zero-order valence-corrected chi connectivity index (χ0v) is 15.0. The number of nitrogens with one attached hydrogen (secondary N) is 1. The maximum atomic E-state index is 12.3. The van der Waals surface area contributed by atoms with E-state index < -0.39 is 14.9 Å². The highest BCUT2D eigenvalue weighted by Gasteiger charge is 2.15. The van der Waals surface area contributed by atoms with Crippen LogP contribution >= 0.6 is 0 Å². The van der Waals surface area contributed by atoms with Crippen LogP contribution in [0.3, 0.4) is 0 Å². The van der Waals surface area contributed by atoms with Gasteiger partial charge in [0, 0.05) is 37.5 Å². The van der Waals surface area contributed by atoms with Gasteiger partial charge in [-0.15, -0.1) is 0 Å². The summed E-state index contributed by atoms with van der Waals surface area (Å²) in [6, 6.07) is 12.5. The lowest BCUT2D eigenvalue weighted by atomic mass is 10.2. The van der Waals surface area contributed by atoms with Gasteiger partial charge >= 0.3 is 0 Å². The standard InChI is InChI=1S/C17H21N3O4S/c1-3-19(4-2)15-7-5-14(6-8-15)13-18-25(23,24)17-11-9-16(10-12-17)20(21)22/h5-12,18H,3-4,13H2,1-2H3. The molecule has 0 bridgehead atoms. The molecule has 8 heteroatoms. The molecule has 2 rings (SSSR count). The Morgan fingerprint density at radius 2 is 1.56 bits per heavy atom. The van der Waals surface area contributed by atoms with E-state index in [1.54, 1.807) is 0 Å². The van der Waals surface area contributed by atoms with Crippen molar-refractivity contribution in [1.29, 1.82) is 0 Å². The third kappa shape index (κ3) is 4.77. The van der Waals surface area contributed by atoms with Gasteiger partial charge in [0.15, 0.2) is 0 Å². The average Bonchev–Trinajstić information content (AvgIpc) is 2.62. The van der Waals surface area contributed by atoms with Gasteiger partial charge in [-0.05, 0) is 43.7 Å². The molecule has 2 aromatic rings. The van der Waals surface area contributed by atoms with Gasteiger partial charge in [0.25, 0.3) is 5.69 Å². The molecule has 0 unspecified atom stereocenters. The maximum Gasteiger partial charge on any atom is 0.269 e. The van der Waals surface area contributed by atoms with E-state index in [0.29, 0.717) is 0 Å². The highest BCUT2D eigenvalue weighted by Crippen LogP contribution is 2.17. The Labute approximate surface area is 147 Å². The number of anilines is 1. The summed E-state index contributed by atoms with van der Waals surface area (Å²) < 4.78 is 27.0. The Morgan fingerprint density at radius 3 is 2.04 bits per heavy atom. The molecule has 0 aromatic heterocycles. The number of nitro benzene ring substituents is 1. The van der Waals surface area contributed by atoms with Crippen LogP contribution in [0.5, 0.6) is 0 Å². The molecular formula is C17H21N3O4S. The fraction of sp³-hybridized carbons (Fsp3) is 0.294. The normalized spacial score (nSPS) is 11.3. The van der Waals surface area contributed by atoms with E-state index in [4.69, 9.17) is 0 Å². The second-order valence-corrected chi connectivity index (χ2v) is 7.18. The van der Waals surface area contributed by atoms with Crippen LogP contribution < -0.4 is 9.62 Å². The van der Waals surface area contributed by atoms with E-state index in [9.17, 15) is 18.5 Å². The van der Waals surface area contributed by atoms with Crippen molar-refractivity contribution in [2.45, 2.75) is 25.3 Å². The lowest BCUT2D eigenvalue weighted by Crippen LogP contribution is -2.23. The first-order valence-corrected chi connectivity index (χ1v) is 9.43. The Hall–Kier alpha value is -2.45. The molecule has 0 saturated carbocycles. The molecule has 0 aliphatic rings. The molecule has 25 heavy (non-hydrogen) atoms. The second kappa shape index (κ2) is 8.09. The van der Waals surface area contributed by atoms with Gasteiger partial charge < -0.3 is 4.90 Å². The van der Waals surface area contributed by atoms with E-state index in [2.05, 4.69) is 23.5 Å². The number of benzene rings is 2. The third-order valence-electron chi connectivity index (χ3n) is 3.89. The van der Waals surface area contributed by atoms with E-state index in [1.165, 1.54) is 24.3 Å². The first-order valence-electron chi connectivity index (χ1n) is 7.95. The van der Waals surface area contributed by atoms with E-state index in [1.807, 2.05) is 24.3 Å². The van der Waals surface area contributed by atoms with Gasteiger partial charge in [-0.1, -0.05) is 12.1 Å². The molecule has 0 spiro atoms. The summed E-state index contributed by atoms with van der Waals surface area (Å²) >= 11 is 0. The number of non-ortho nitro benzene ring substituents is 1. The van der Waals surface area contributed by atoms with Crippen LogP contribution in [0.4, 0.5) is 11.4 Å². The predicted molar refractivity (Wildman–Crippen MR) is 97.1 cm³/mol. The number of nitro groups is 1.